The largest absolute Gasteiger partial charge is 0.481 e. The van der Waals surface area contributed by atoms with Crippen molar-refractivity contribution < 1.29 is 29.7 Å². The molecule has 8 heteroatoms. The molecule has 0 aromatic carbocycles. The maximum Gasteiger partial charge on any atom is 0.334 e. The number of aliphatic hydroxyl groups is 1. The van der Waals surface area contributed by atoms with Gasteiger partial charge in [0.15, 0.2) is 6.10 Å². The number of carbonyl (C=O) groups is 3. The van der Waals surface area contributed by atoms with Gasteiger partial charge >= 0.3 is 11.9 Å². The maximum atomic E-state index is 11.0. The van der Waals surface area contributed by atoms with Crippen LogP contribution in [0.5, 0.6) is 0 Å². The van der Waals surface area contributed by atoms with Crippen LogP contribution in [0.1, 0.15) is 6.42 Å². The van der Waals surface area contributed by atoms with Gasteiger partial charge in [-0.1, -0.05) is 0 Å². The molecule has 0 aromatic heterocycles. The van der Waals surface area contributed by atoms with Crippen molar-refractivity contribution in [2.24, 2.45) is 5.73 Å². The number of aliphatic hydroxyl groups excluding tert-OH is 1. The molecule has 0 fully saturated rings. The normalized spacial score (nSPS) is 14.0. The number of carboxylic acid groups (broad SMARTS) is 2. The Bertz CT molecular complexity index is 266. The number of rotatable bonds is 6. The summed E-state index contributed by atoms with van der Waals surface area (Å²) in [4.78, 5) is 31.3. The predicted molar refractivity (Wildman–Crippen MR) is 46.9 cm³/mol. The second-order valence-corrected chi connectivity index (χ2v) is 2.80. The van der Waals surface area contributed by atoms with E-state index in [1.54, 1.807) is 0 Å². The molecule has 86 valence electrons. The third-order valence-corrected chi connectivity index (χ3v) is 1.49. The van der Waals surface area contributed by atoms with Crippen LogP contribution in [0.3, 0.4) is 0 Å². The lowest BCUT2D eigenvalue weighted by molar-refractivity contribution is -0.146. The van der Waals surface area contributed by atoms with Crippen LogP contribution in [0.15, 0.2) is 0 Å². The molecular formula is C7H12N2O6. The molecule has 0 aliphatic heterocycles. The van der Waals surface area contributed by atoms with Crippen molar-refractivity contribution in [2.45, 2.75) is 18.6 Å². The zero-order chi connectivity index (χ0) is 12.0. The minimum atomic E-state index is -1.73. The highest BCUT2D eigenvalue weighted by Gasteiger charge is 2.19. The Morgan fingerprint density at radius 1 is 1.27 bits per heavy atom. The molecule has 0 aromatic rings. The molecule has 15 heavy (non-hydrogen) atoms. The molecule has 1 unspecified atom stereocenters. The Labute approximate surface area is 84.7 Å². The first-order valence-electron chi connectivity index (χ1n) is 4.00. The van der Waals surface area contributed by atoms with Crippen molar-refractivity contribution in [1.82, 2.24) is 5.32 Å². The molecule has 0 heterocycles. The molecule has 0 saturated heterocycles. The van der Waals surface area contributed by atoms with Crippen molar-refractivity contribution in [3.63, 3.8) is 0 Å². The van der Waals surface area contributed by atoms with Crippen LogP contribution < -0.4 is 11.1 Å². The fraction of sp³-hybridized carbons (Fsp3) is 0.571. The van der Waals surface area contributed by atoms with Gasteiger partial charge in [0.05, 0.1) is 19.0 Å². The number of nitrogens with one attached hydrogen (secondary N) is 1. The number of carbonyl (C=O) groups excluding carboxylic acids is 1. The third kappa shape index (κ3) is 5.60. The van der Waals surface area contributed by atoms with E-state index in [9.17, 15) is 14.4 Å². The highest BCUT2D eigenvalue weighted by atomic mass is 16.4. The van der Waals surface area contributed by atoms with E-state index in [1.807, 2.05) is 5.32 Å². The molecular weight excluding hydrogens is 208 g/mol. The second-order valence-electron chi connectivity index (χ2n) is 2.80. The van der Waals surface area contributed by atoms with Crippen molar-refractivity contribution >= 4 is 17.8 Å². The second kappa shape index (κ2) is 5.94. The average Bonchev–Trinajstić information content (AvgIpc) is 2.12. The summed E-state index contributed by atoms with van der Waals surface area (Å²) < 4.78 is 0. The molecule has 0 aliphatic rings. The minimum absolute atomic E-state index is 0.512. The van der Waals surface area contributed by atoms with Gasteiger partial charge < -0.3 is 26.4 Å². The van der Waals surface area contributed by atoms with Gasteiger partial charge in [0.2, 0.25) is 5.91 Å². The minimum Gasteiger partial charge on any atom is -0.481 e. The summed E-state index contributed by atoms with van der Waals surface area (Å²) in [5, 5.41) is 27.3. The van der Waals surface area contributed by atoms with Crippen LogP contribution in [0.2, 0.25) is 0 Å². The van der Waals surface area contributed by atoms with E-state index in [1.165, 1.54) is 0 Å². The van der Waals surface area contributed by atoms with Gasteiger partial charge in [0, 0.05) is 0 Å². The molecule has 0 bridgehead atoms. The molecule has 1 amide bonds. The zero-order valence-corrected chi connectivity index (χ0v) is 7.71. The number of hydrogen-bond donors (Lipinski definition) is 5. The van der Waals surface area contributed by atoms with Crippen LogP contribution in [-0.2, 0) is 14.4 Å². The van der Waals surface area contributed by atoms with Crippen molar-refractivity contribution in [3.8, 4) is 0 Å². The quantitative estimate of drug-likeness (QED) is 0.328. The fourth-order valence-corrected chi connectivity index (χ4v) is 0.696. The number of aliphatic carboxylic acids is 2. The van der Waals surface area contributed by atoms with Crippen molar-refractivity contribution in [3.05, 3.63) is 0 Å². The van der Waals surface area contributed by atoms with Crippen LogP contribution in [0.25, 0.3) is 0 Å². The number of hydrogen-bond acceptors (Lipinski definition) is 5. The van der Waals surface area contributed by atoms with E-state index in [-0.39, 0.29) is 0 Å². The van der Waals surface area contributed by atoms with Crippen LogP contribution >= 0.6 is 0 Å². The van der Waals surface area contributed by atoms with Crippen LogP contribution in [0.4, 0.5) is 0 Å². The fourth-order valence-electron chi connectivity index (χ4n) is 0.696. The number of nitrogens with two attached hydrogens (primary N) is 1. The van der Waals surface area contributed by atoms with E-state index in [2.05, 4.69) is 0 Å². The van der Waals surface area contributed by atoms with E-state index >= 15 is 0 Å². The molecule has 6 N–H and O–H groups in total. The summed E-state index contributed by atoms with van der Waals surface area (Å²) >= 11 is 0. The molecule has 0 saturated carbocycles. The molecule has 0 rings (SSSR count). The Hall–Kier alpha value is -1.67. The Balaban J connectivity index is 3.93. The molecule has 0 aliphatic carbocycles. The van der Waals surface area contributed by atoms with Gasteiger partial charge in [-0.2, -0.15) is 0 Å². The number of carboxylic acids is 2. The lowest BCUT2D eigenvalue weighted by atomic mass is 10.2. The summed E-state index contributed by atoms with van der Waals surface area (Å²) in [5.74, 6) is -3.55. The topological polar surface area (TPSA) is 150 Å². The van der Waals surface area contributed by atoms with Gasteiger partial charge in [-0.15, -0.1) is 0 Å². The first kappa shape index (κ1) is 13.3. The van der Waals surface area contributed by atoms with E-state index in [0.717, 1.165) is 0 Å². The van der Waals surface area contributed by atoms with Gasteiger partial charge in [-0.05, 0) is 0 Å². The molecule has 0 spiro atoms. The predicted octanol–water partition coefficient (Wildman–Crippen LogP) is -2.65. The SMILES string of the molecule is NC(CC(=O)O)C(=O)NC[C@H](O)C(=O)O. The van der Waals surface area contributed by atoms with Gasteiger partial charge in [0.25, 0.3) is 0 Å². The van der Waals surface area contributed by atoms with Crippen molar-refractivity contribution in [1.29, 1.82) is 0 Å². The summed E-state index contributed by atoms with van der Waals surface area (Å²) in [6.07, 6.45) is -2.29. The monoisotopic (exact) mass is 220 g/mol. The summed E-state index contributed by atoms with van der Waals surface area (Å²) in [7, 11) is 0. The highest BCUT2D eigenvalue weighted by molar-refractivity contribution is 5.86. The third-order valence-electron chi connectivity index (χ3n) is 1.49. The number of amides is 1. The molecule has 8 nitrogen and oxygen atoms in total. The zero-order valence-electron chi connectivity index (χ0n) is 7.71. The maximum absolute atomic E-state index is 11.0. The highest BCUT2D eigenvalue weighted by Crippen LogP contribution is 1.89. The van der Waals surface area contributed by atoms with E-state index in [0.29, 0.717) is 0 Å². The van der Waals surface area contributed by atoms with E-state index < -0.39 is 43.0 Å². The van der Waals surface area contributed by atoms with Crippen LogP contribution in [-0.4, -0.2) is 51.9 Å². The Kier molecular flexibility index (Phi) is 5.27. The van der Waals surface area contributed by atoms with E-state index in [4.69, 9.17) is 21.1 Å². The Morgan fingerprint density at radius 3 is 2.20 bits per heavy atom. The lowest BCUT2D eigenvalue weighted by Crippen LogP contribution is -2.45. The standard InChI is InChI=1S/C7H12N2O6/c8-3(1-5(11)12)6(13)9-2-4(10)7(14)15/h3-4,10H,1-2,8H2,(H,9,13)(H,11,12)(H,14,15)/t3?,4-/m0/s1. The first-order valence-corrected chi connectivity index (χ1v) is 4.00. The van der Waals surface area contributed by atoms with Crippen LogP contribution in [0, 0.1) is 0 Å². The Morgan fingerprint density at radius 2 is 1.80 bits per heavy atom. The molecule has 2 atom stereocenters. The summed E-state index contributed by atoms with van der Waals surface area (Å²) in [6, 6.07) is -1.26. The summed E-state index contributed by atoms with van der Waals surface area (Å²) in [6.45, 7) is -0.512. The van der Waals surface area contributed by atoms with Gasteiger partial charge in [0.1, 0.15) is 0 Å². The lowest BCUT2D eigenvalue weighted by Gasteiger charge is -2.11. The average molecular weight is 220 g/mol. The first-order chi connectivity index (χ1) is 6.84. The molecule has 0 radical (unpaired) electrons. The van der Waals surface area contributed by atoms with Gasteiger partial charge in [-0.3, -0.25) is 9.59 Å². The van der Waals surface area contributed by atoms with Gasteiger partial charge in [-0.25, -0.2) is 4.79 Å². The van der Waals surface area contributed by atoms with Crippen molar-refractivity contribution in [2.75, 3.05) is 6.54 Å². The smallest absolute Gasteiger partial charge is 0.334 e. The summed E-state index contributed by atoms with van der Waals surface area (Å²) in [5.41, 5.74) is 5.16.